The van der Waals surface area contributed by atoms with Gasteiger partial charge in [-0.15, -0.1) is 0 Å². The number of nitrogens with two attached hydrogens (primary N) is 1. The van der Waals surface area contributed by atoms with Crippen LogP contribution in [0.5, 0.6) is 0 Å². The van der Waals surface area contributed by atoms with Crippen molar-refractivity contribution in [2.24, 2.45) is 0 Å². The lowest BCUT2D eigenvalue weighted by molar-refractivity contribution is 0.0786. The molecule has 0 atom stereocenters. The Labute approximate surface area is 131 Å². The van der Waals surface area contributed by atoms with E-state index < -0.39 is 0 Å². The predicted octanol–water partition coefficient (Wildman–Crippen LogP) is 3.18. The molecule has 106 valence electrons. The number of hydrogen-bond acceptors (Lipinski definition) is 3. The Kier molecular flexibility index (Phi) is 4.61. The Morgan fingerprint density at radius 3 is 2.57 bits per heavy atom. The van der Waals surface area contributed by atoms with Crippen LogP contribution in [-0.4, -0.2) is 17.9 Å². The van der Waals surface area contributed by atoms with Crippen molar-refractivity contribution in [3.05, 3.63) is 63.6 Å². The number of nitrogens with zero attached hydrogens (tertiary/aromatic N) is 2. The van der Waals surface area contributed by atoms with Crippen LogP contribution in [0.25, 0.3) is 0 Å². The molecule has 0 aliphatic rings. The number of anilines is 1. The number of halogens is 1. The van der Waals surface area contributed by atoms with Crippen LogP contribution in [0.1, 0.15) is 21.5 Å². The number of benzene rings is 2. The first-order chi connectivity index (χ1) is 10.0. The van der Waals surface area contributed by atoms with Crippen LogP contribution in [0.3, 0.4) is 0 Å². The van der Waals surface area contributed by atoms with Crippen molar-refractivity contribution < 1.29 is 4.79 Å². The lowest BCUT2D eigenvalue weighted by Gasteiger charge is -2.18. The van der Waals surface area contributed by atoms with E-state index in [0.29, 0.717) is 23.4 Å². The maximum absolute atomic E-state index is 12.4. The maximum Gasteiger partial charge on any atom is 0.256 e. The first-order valence-corrected chi connectivity index (χ1v) is 7.10. The van der Waals surface area contributed by atoms with Gasteiger partial charge in [-0.3, -0.25) is 4.79 Å². The normalized spacial score (nSPS) is 9.95. The molecule has 5 heteroatoms. The van der Waals surface area contributed by atoms with Gasteiger partial charge in [0.25, 0.3) is 5.91 Å². The van der Waals surface area contributed by atoms with Gasteiger partial charge in [-0.25, -0.2) is 0 Å². The van der Waals surface area contributed by atoms with Crippen LogP contribution in [0.2, 0.25) is 0 Å². The zero-order chi connectivity index (χ0) is 15.4. The van der Waals surface area contributed by atoms with E-state index in [0.717, 1.165) is 10.0 Å². The minimum absolute atomic E-state index is 0.141. The summed E-state index contributed by atoms with van der Waals surface area (Å²) >= 11 is 3.34. The van der Waals surface area contributed by atoms with E-state index in [4.69, 9.17) is 11.0 Å². The molecule has 0 spiro atoms. The highest BCUT2D eigenvalue weighted by Gasteiger charge is 2.15. The quantitative estimate of drug-likeness (QED) is 0.870. The van der Waals surface area contributed by atoms with Crippen molar-refractivity contribution >= 4 is 27.5 Å². The van der Waals surface area contributed by atoms with Crippen LogP contribution < -0.4 is 5.73 Å². The minimum Gasteiger partial charge on any atom is -0.398 e. The number of nitrogen functional groups attached to an aromatic ring is 1. The number of carbonyl (C=O) groups excluding carboxylic acids is 1. The Morgan fingerprint density at radius 2 is 1.95 bits per heavy atom. The highest BCUT2D eigenvalue weighted by molar-refractivity contribution is 9.10. The lowest BCUT2D eigenvalue weighted by atomic mass is 10.1. The number of nitriles is 1. The molecule has 2 aromatic carbocycles. The molecule has 0 aliphatic heterocycles. The summed E-state index contributed by atoms with van der Waals surface area (Å²) in [6.45, 7) is 0.455. The fourth-order valence-corrected chi connectivity index (χ4v) is 2.31. The van der Waals surface area contributed by atoms with Gasteiger partial charge in [0, 0.05) is 23.8 Å². The minimum atomic E-state index is -0.141. The molecule has 0 unspecified atom stereocenters. The topological polar surface area (TPSA) is 70.1 Å². The highest BCUT2D eigenvalue weighted by Crippen LogP contribution is 2.20. The summed E-state index contributed by atoms with van der Waals surface area (Å²) in [6.07, 6.45) is 0. The number of hydrogen-bond donors (Lipinski definition) is 1. The summed E-state index contributed by atoms with van der Waals surface area (Å²) in [5.74, 6) is -0.141. The van der Waals surface area contributed by atoms with Crippen molar-refractivity contribution in [1.82, 2.24) is 4.90 Å². The van der Waals surface area contributed by atoms with Gasteiger partial charge < -0.3 is 10.6 Å². The Hall–Kier alpha value is -2.32. The van der Waals surface area contributed by atoms with Gasteiger partial charge in [0.05, 0.1) is 17.2 Å². The van der Waals surface area contributed by atoms with Crippen molar-refractivity contribution in [2.75, 3.05) is 12.8 Å². The molecule has 0 fully saturated rings. The second kappa shape index (κ2) is 6.42. The molecule has 0 heterocycles. The average Bonchev–Trinajstić information content (AvgIpc) is 2.49. The van der Waals surface area contributed by atoms with E-state index in [-0.39, 0.29) is 5.91 Å². The lowest BCUT2D eigenvalue weighted by Crippen LogP contribution is -2.27. The van der Waals surface area contributed by atoms with E-state index >= 15 is 0 Å². The Balaban J connectivity index is 2.15. The smallest absolute Gasteiger partial charge is 0.256 e. The van der Waals surface area contributed by atoms with Gasteiger partial charge >= 0.3 is 0 Å². The second-order valence-electron chi connectivity index (χ2n) is 4.70. The first-order valence-electron chi connectivity index (χ1n) is 6.31. The first kappa shape index (κ1) is 15.1. The van der Waals surface area contributed by atoms with Crippen molar-refractivity contribution in [2.45, 2.75) is 6.54 Å². The monoisotopic (exact) mass is 343 g/mol. The zero-order valence-corrected chi connectivity index (χ0v) is 13.1. The Bertz CT molecular complexity index is 704. The molecule has 0 aliphatic carbocycles. The fraction of sp³-hybridized carbons (Fsp3) is 0.125. The molecule has 0 bridgehead atoms. The third kappa shape index (κ3) is 3.61. The maximum atomic E-state index is 12.4. The van der Waals surface area contributed by atoms with Gasteiger partial charge in [0.15, 0.2) is 0 Å². The molecule has 0 aromatic heterocycles. The van der Waals surface area contributed by atoms with Crippen molar-refractivity contribution in [1.29, 1.82) is 5.26 Å². The van der Waals surface area contributed by atoms with E-state index in [1.54, 1.807) is 42.3 Å². The van der Waals surface area contributed by atoms with Gasteiger partial charge in [-0.1, -0.05) is 28.1 Å². The van der Waals surface area contributed by atoms with Gasteiger partial charge in [-0.2, -0.15) is 5.26 Å². The largest absolute Gasteiger partial charge is 0.398 e. The molecule has 0 saturated carbocycles. The molecule has 1 amide bonds. The standard InChI is InChI=1S/C16H14BrN3O/c1-20(10-12-4-2-11(9-18)3-5-12)16(21)14-8-13(17)6-7-15(14)19/h2-8H,10,19H2,1H3. The fourth-order valence-electron chi connectivity index (χ4n) is 1.95. The number of amides is 1. The predicted molar refractivity (Wildman–Crippen MR) is 85.5 cm³/mol. The molecule has 0 saturated heterocycles. The summed E-state index contributed by atoms with van der Waals surface area (Å²) in [4.78, 5) is 14.0. The molecule has 2 N–H and O–H groups in total. The van der Waals surface area contributed by atoms with Gasteiger partial charge in [0.2, 0.25) is 0 Å². The van der Waals surface area contributed by atoms with Crippen molar-refractivity contribution in [3.63, 3.8) is 0 Å². The zero-order valence-electron chi connectivity index (χ0n) is 11.5. The van der Waals surface area contributed by atoms with Crippen LogP contribution in [0, 0.1) is 11.3 Å². The van der Waals surface area contributed by atoms with E-state index in [9.17, 15) is 4.79 Å². The summed E-state index contributed by atoms with van der Waals surface area (Å²) in [7, 11) is 1.72. The van der Waals surface area contributed by atoms with Gasteiger partial charge in [-0.05, 0) is 35.9 Å². The molecule has 2 rings (SSSR count). The summed E-state index contributed by atoms with van der Waals surface area (Å²) in [5.41, 5.74) is 8.34. The van der Waals surface area contributed by atoms with Crippen molar-refractivity contribution in [3.8, 4) is 6.07 Å². The van der Waals surface area contributed by atoms with E-state index in [1.807, 2.05) is 12.1 Å². The molecule has 21 heavy (non-hydrogen) atoms. The third-order valence-corrected chi connectivity index (χ3v) is 3.59. The third-order valence-electron chi connectivity index (χ3n) is 3.10. The second-order valence-corrected chi connectivity index (χ2v) is 5.62. The molecule has 2 aromatic rings. The van der Waals surface area contributed by atoms with Crippen LogP contribution in [0.15, 0.2) is 46.9 Å². The summed E-state index contributed by atoms with van der Waals surface area (Å²) < 4.78 is 0.812. The molecular formula is C16H14BrN3O. The summed E-state index contributed by atoms with van der Waals surface area (Å²) in [5, 5.41) is 8.77. The highest BCUT2D eigenvalue weighted by atomic mass is 79.9. The van der Waals surface area contributed by atoms with E-state index in [2.05, 4.69) is 22.0 Å². The average molecular weight is 344 g/mol. The van der Waals surface area contributed by atoms with Crippen LogP contribution in [0.4, 0.5) is 5.69 Å². The SMILES string of the molecule is CN(Cc1ccc(C#N)cc1)C(=O)c1cc(Br)ccc1N. The molecule has 0 radical (unpaired) electrons. The Morgan fingerprint density at radius 1 is 1.29 bits per heavy atom. The number of rotatable bonds is 3. The van der Waals surface area contributed by atoms with Crippen LogP contribution in [-0.2, 0) is 6.54 Å². The van der Waals surface area contributed by atoms with Crippen LogP contribution >= 0.6 is 15.9 Å². The molecular weight excluding hydrogens is 330 g/mol. The van der Waals surface area contributed by atoms with Gasteiger partial charge in [0.1, 0.15) is 0 Å². The summed E-state index contributed by atoms with van der Waals surface area (Å²) in [6, 6.07) is 14.4. The van der Waals surface area contributed by atoms with E-state index in [1.165, 1.54) is 0 Å². The molecule has 4 nitrogen and oxygen atoms in total. The number of carbonyl (C=O) groups is 1.